The smallest absolute Gasteiger partial charge is 0.131 e. The highest BCUT2D eigenvalue weighted by atomic mass is 35.5. The van der Waals surface area contributed by atoms with Gasteiger partial charge < -0.3 is 10.4 Å². The summed E-state index contributed by atoms with van der Waals surface area (Å²) in [5.74, 6) is 0.383. The number of hydrogen-bond acceptors (Lipinski definition) is 2. The number of aliphatic hydroxyl groups excluding tert-OH is 1. The highest BCUT2D eigenvalue weighted by molar-refractivity contribution is 6.35. The normalized spacial score (nSPS) is 25.0. The van der Waals surface area contributed by atoms with E-state index in [1.54, 1.807) is 0 Å². The Morgan fingerprint density at radius 3 is 2.59 bits per heavy atom. The minimum atomic E-state index is -0.108. The molecule has 1 heterocycles. The van der Waals surface area contributed by atoms with Crippen LogP contribution in [0.4, 0.5) is 0 Å². The van der Waals surface area contributed by atoms with Crippen LogP contribution in [0.25, 0.3) is 11.3 Å². The summed E-state index contributed by atoms with van der Waals surface area (Å²) in [7, 11) is 0. The molecule has 1 aliphatic heterocycles. The Hall–Kier alpha value is -1.93. The van der Waals surface area contributed by atoms with E-state index in [0.29, 0.717) is 5.76 Å². The molecule has 1 aromatic carbocycles. The Bertz CT molecular complexity index is 824. The average molecular weight is 312 g/mol. The van der Waals surface area contributed by atoms with Crippen molar-refractivity contribution in [1.29, 1.82) is 0 Å². The van der Waals surface area contributed by atoms with Gasteiger partial charge in [-0.1, -0.05) is 47.5 Å². The molecule has 0 saturated carbocycles. The van der Waals surface area contributed by atoms with Crippen LogP contribution in [0.2, 0.25) is 0 Å². The van der Waals surface area contributed by atoms with Crippen molar-refractivity contribution in [3.63, 3.8) is 0 Å². The summed E-state index contributed by atoms with van der Waals surface area (Å²) in [5, 5.41) is 14.9. The fourth-order valence-electron chi connectivity index (χ4n) is 3.85. The predicted molar refractivity (Wildman–Crippen MR) is 91.3 cm³/mol. The van der Waals surface area contributed by atoms with Crippen molar-refractivity contribution in [2.75, 3.05) is 0 Å². The van der Waals surface area contributed by atoms with E-state index in [2.05, 4.69) is 38.2 Å². The largest absolute Gasteiger partial charge is 0.507 e. The monoisotopic (exact) mass is 311 g/mol. The Kier molecular flexibility index (Phi) is 2.68. The molecule has 4 rings (SSSR count). The average Bonchev–Trinajstić information content (AvgIpc) is 2.71. The van der Waals surface area contributed by atoms with E-state index in [1.807, 2.05) is 24.3 Å². The molecule has 1 atom stereocenters. The van der Waals surface area contributed by atoms with Crippen molar-refractivity contribution < 1.29 is 5.11 Å². The Morgan fingerprint density at radius 2 is 1.86 bits per heavy atom. The summed E-state index contributed by atoms with van der Waals surface area (Å²) in [5.41, 5.74) is 5.88. The van der Waals surface area contributed by atoms with Crippen LogP contribution in [0.3, 0.4) is 0 Å². The second-order valence-corrected chi connectivity index (χ2v) is 7.21. The second kappa shape index (κ2) is 4.30. The first-order valence-electron chi connectivity index (χ1n) is 7.51. The Morgan fingerprint density at radius 1 is 1.18 bits per heavy atom. The van der Waals surface area contributed by atoms with Gasteiger partial charge in [-0.2, -0.15) is 0 Å². The number of allylic oxidation sites excluding steroid dienone is 4. The summed E-state index contributed by atoms with van der Waals surface area (Å²) in [4.78, 5) is 0. The van der Waals surface area contributed by atoms with Gasteiger partial charge in [-0.3, -0.25) is 0 Å². The van der Waals surface area contributed by atoms with Crippen LogP contribution < -0.4 is 5.32 Å². The van der Waals surface area contributed by atoms with Crippen molar-refractivity contribution in [2.24, 2.45) is 5.92 Å². The minimum absolute atomic E-state index is 0.0624. The van der Waals surface area contributed by atoms with E-state index in [1.165, 1.54) is 5.57 Å². The summed E-state index contributed by atoms with van der Waals surface area (Å²) < 4.78 is 0. The molecule has 0 saturated heterocycles. The summed E-state index contributed by atoms with van der Waals surface area (Å²) in [6.07, 6.45) is 4.28. The van der Waals surface area contributed by atoms with E-state index >= 15 is 0 Å². The van der Waals surface area contributed by atoms with Crippen molar-refractivity contribution in [2.45, 2.75) is 26.3 Å². The molecule has 0 bridgehead atoms. The molecule has 0 amide bonds. The third kappa shape index (κ3) is 1.74. The van der Waals surface area contributed by atoms with Gasteiger partial charge in [-0.25, -0.2) is 0 Å². The Labute approximate surface area is 135 Å². The maximum absolute atomic E-state index is 10.6. The molecule has 0 spiro atoms. The first-order valence-corrected chi connectivity index (χ1v) is 7.89. The first-order chi connectivity index (χ1) is 10.4. The lowest BCUT2D eigenvalue weighted by molar-refractivity contribution is 0.474. The van der Waals surface area contributed by atoms with Crippen molar-refractivity contribution in [3.8, 4) is 0 Å². The molecule has 0 aromatic heterocycles. The highest BCUT2D eigenvalue weighted by Crippen LogP contribution is 2.51. The quantitative estimate of drug-likeness (QED) is 0.677. The molecule has 0 radical (unpaired) electrons. The number of aliphatic hydroxyl groups is 1. The van der Waals surface area contributed by atoms with Gasteiger partial charge in [-0.05, 0) is 32.4 Å². The van der Waals surface area contributed by atoms with Crippen molar-refractivity contribution in [3.05, 3.63) is 69.4 Å². The topological polar surface area (TPSA) is 32.3 Å². The highest BCUT2D eigenvalue weighted by Gasteiger charge is 2.39. The molecule has 3 aliphatic rings. The fourth-order valence-corrected chi connectivity index (χ4v) is 4.34. The zero-order chi connectivity index (χ0) is 15.6. The SMILES string of the molecule is CC1=CC(C)(C)NC2=CC3=C(O)c4ccccc4C3=C(Cl)C12. The molecular formula is C19H18ClNO. The Balaban J connectivity index is 1.99. The van der Waals surface area contributed by atoms with Crippen LogP contribution >= 0.6 is 11.6 Å². The molecule has 1 aromatic rings. The first kappa shape index (κ1) is 13.7. The number of hydrogen-bond donors (Lipinski definition) is 2. The van der Waals surface area contributed by atoms with Gasteiger partial charge in [0.1, 0.15) is 5.76 Å². The molecule has 3 heteroatoms. The number of halogens is 1. The van der Waals surface area contributed by atoms with E-state index in [-0.39, 0.29) is 11.5 Å². The summed E-state index contributed by atoms with van der Waals surface area (Å²) >= 11 is 6.78. The van der Waals surface area contributed by atoms with Crippen LogP contribution in [0, 0.1) is 5.92 Å². The number of benzene rings is 1. The molecule has 1 unspecified atom stereocenters. The molecule has 2 aliphatic carbocycles. The summed E-state index contributed by atoms with van der Waals surface area (Å²) in [6.45, 7) is 6.40. The third-order valence-electron chi connectivity index (χ3n) is 4.59. The van der Waals surface area contributed by atoms with Gasteiger partial charge >= 0.3 is 0 Å². The maximum atomic E-state index is 10.6. The van der Waals surface area contributed by atoms with E-state index in [9.17, 15) is 5.11 Å². The predicted octanol–water partition coefficient (Wildman–Crippen LogP) is 4.76. The molecule has 112 valence electrons. The molecule has 2 N–H and O–H groups in total. The van der Waals surface area contributed by atoms with Crippen LogP contribution in [0.5, 0.6) is 0 Å². The fraction of sp³-hybridized carbons (Fsp3) is 0.263. The van der Waals surface area contributed by atoms with Gasteiger partial charge in [0.15, 0.2) is 0 Å². The van der Waals surface area contributed by atoms with Gasteiger partial charge in [-0.15, -0.1) is 0 Å². The third-order valence-corrected chi connectivity index (χ3v) is 5.00. The second-order valence-electron chi connectivity index (χ2n) is 6.80. The minimum Gasteiger partial charge on any atom is -0.507 e. The molecule has 22 heavy (non-hydrogen) atoms. The van der Waals surface area contributed by atoms with Gasteiger partial charge in [0.2, 0.25) is 0 Å². The molecule has 0 fully saturated rings. The molecule has 2 nitrogen and oxygen atoms in total. The zero-order valence-corrected chi connectivity index (χ0v) is 13.6. The maximum Gasteiger partial charge on any atom is 0.131 e. The van der Waals surface area contributed by atoms with Gasteiger partial charge in [0, 0.05) is 33.0 Å². The standard InChI is InChI=1S/C19H18ClNO/c1-10-9-19(2,3)21-14-8-13-16(17(20)15(10)14)11-6-4-5-7-12(11)18(13)22/h4-9,15,21-22H,1-3H3. The number of rotatable bonds is 0. The van der Waals surface area contributed by atoms with E-state index in [0.717, 1.165) is 33.0 Å². The van der Waals surface area contributed by atoms with Gasteiger partial charge in [0.25, 0.3) is 0 Å². The zero-order valence-electron chi connectivity index (χ0n) is 12.9. The van der Waals surface area contributed by atoms with E-state index < -0.39 is 0 Å². The van der Waals surface area contributed by atoms with Crippen LogP contribution in [-0.4, -0.2) is 10.6 Å². The lowest BCUT2D eigenvalue weighted by Crippen LogP contribution is -2.44. The van der Waals surface area contributed by atoms with Crippen LogP contribution in [0.15, 0.2) is 58.3 Å². The van der Waals surface area contributed by atoms with Gasteiger partial charge in [0.05, 0.1) is 5.92 Å². The number of nitrogens with one attached hydrogen (secondary N) is 1. The number of fused-ring (bicyclic) bond motifs is 4. The van der Waals surface area contributed by atoms with Crippen LogP contribution in [-0.2, 0) is 0 Å². The summed E-state index contributed by atoms with van der Waals surface area (Å²) in [6, 6.07) is 7.88. The lowest BCUT2D eigenvalue weighted by atomic mass is 9.79. The van der Waals surface area contributed by atoms with Crippen molar-refractivity contribution in [1.82, 2.24) is 5.32 Å². The molecular weight excluding hydrogens is 294 g/mol. The van der Waals surface area contributed by atoms with Crippen molar-refractivity contribution >= 4 is 22.9 Å². The van der Waals surface area contributed by atoms with E-state index in [4.69, 9.17) is 11.6 Å². The lowest BCUT2D eigenvalue weighted by Gasteiger charge is -2.39. The van der Waals surface area contributed by atoms with Crippen LogP contribution in [0.1, 0.15) is 31.9 Å².